The fourth-order valence-electron chi connectivity index (χ4n) is 0.499. The third-order valence-corrected chi connectivity index (χ3v) is 0.882. The summed E-state index contributed by atoms with van der Waals surface area (Å²) in [4.78, 5) is 3.37. The average Bonchev–Trinajstić information content (AvgIpc) is 1.91. The normalized spacial score (nSPS) is 8.00. The lowest BCUT2D eigenvalue weighted by Crippen LogP contribution is -1.79. The summed E-state index contributed by atoms with van der Waals surface area (Å²) in [6.45, 7) is 1.82. The molecule has 1 heterocycles. The minimum absolute atomic E-state index is 0.412. The fraction of sp³-hybridized carbons (Fsp3) is 0.167. The van der Waals surface area contributed by atoms with Gasteiger partial charge in [0, 0.05) is 43.4 Å². The smallest absolute Gasteiger partial charge is 0.213 e. The number of aromatic nitrogens is 1. The Morgan fingerprint density at radius 3 is 2.40 bits per heavy atom. The molecule has 10 heavy (non-hydrogen) atoms. The number of halogens is 3. The molecule has 0 aliphatic rings. The van der Waals surface area contributed by atoms with Crippen molar-refractivity contribution in [3.63, 3.8) is 0 Å². The van der Waals surface area contributed by atoms with Crippen LogP contribution in [-0.4, -0.2) is 4.98 Å². The first-order chi connectivity index (χ1) is 4.79. The largest absolute Gasteiger partial charge is 0.228 e. The summed E-state index contributed by atoms with van der Waals surface area (Å²) >= 11 is 4.24. The number of pyridine rings is 1. The standard InChI is InChI=1S/C6H6FN.I2/c1-5-2-3-8-6(7)4-5;1-2/h2-4H,1H3;. The molecule has 0 saturated heterocycles. The monoisotopic (exact) mass is 365 g/mol. The van der Waals surface area contributed by atoms with Crippen LogP contribution in [-0.2, 0) is 0 Å². The Morgan fingerprint density at radius 2 is 2.10 bits per heavy atom. The Hall–Kier alpha value is 0.540. The number of hydrogen-bond acceptors (Lipinski definition) is 1. The predicted molar refractivity (Wildman–Crippen MR) is 57.0 cm³/mol. The average molecular weight is 365 g/mol. The van der Waals surface area contributed by atoms with Gasteiger partial charge in [-0.15, -0.1) is 0 Å². The van der Waals surface area contributed by atoms with Crippen LogP contribution in [0.5, 0.6) is 0 Å². The molecular formula is C6H6FI2N. The zero-order valence-corrected chi connectivity index (χ0v) is 9.63. The van der Waals surface area contributed by atoms with E-state index in [4.69, 9.17) is 0 Å². The quantitative estimate of drug-likeness (QED) is 0.508. The Bertz CT molecular complexity index is 176. The molecule has 1 nitrogen and oxygen atoms in total. The Balaban J connectivity index is 0.000000371. The van der Waals surface area contributed by atoms with Gasteiger partial charge in [0.15, 0.2) is 0 Å². The van der Waals surface area contributed by atoms with Gasteiger partial charge in [-0.1, -0.05) is 0 Å². The van der Waals surface area contributed by atoms with E-state index in [9.17, 15) is 4.39 Å². The van der Waals surface area contributed by atoms with Crippen molar-refractivity contribution in [2.24, 2.45) is 0 Å². The molecule has 1 rings (SSSR count). The van der Waals surface area contributed by atoms with Crippen LogP contribution in [0.15, 0.2) is 18.3 Å². The second-order valence-corrected chi connectivity index (χ2v) is 1.66. The van der Waals surface area contributed by atoms with Crippen molar-refractivity contribution in [3.8, 4) is 0 Å². The second-order valence-electron chi connectivity index (χ2n) is 1.66. The summed E-state index contributed by atoms with van der Waals surface area (Å²) in [5.74, 6) is -0.412. The van der Waals surface area contributed by atoms with Crippen LogP contribution in [0.2, 0.25) is 0 Å². The molecule has 0 saturated carbocycles. The van der Waals surface area contributed by atoms with Crippen molar-refractivity contribution < 1.29 is 4.39 Å². The summed E-state index contributed by atoms with van der Waals surface area (Å²) in [6.07, 6.45) is 1.45. The van der Waals surface area contributed by atoms with Gasteiger partial charge in [0.05, 0.1) is 0 Å². The highest BCUT2D eigenvalue weighted by molar-refractivity contribution is 15.0. The second kappa shape index (κ2) is 6.26. The van der Waals surface area contributed by atoms with Gasteiger partial charge in [0.25, 0.3) is 0 Å². The van der Waals surface area contributed by atoms with Crippen molar-refractivity contribution in [3.05, 3.63) is 29.8 Å². The highest BCUT2D eigenvalue weighted by atomic mass is 128. The SMILES string of the molecule is Cc1ccnc(F)c1.II. The maximum absolute atomic E-state index is 12.1. The lowest BCUT2D eigenvalue weighted by molar-refractivity contribution is 0.582. The van der Waals surface area contributed by atoms with Gasteiger partial charge in [-0.3, -0.25) is 0 Å². The first kappa shape index (κ1) is 10.5. The van der Waals surface area contributed by atoms with E-state index in [1.165, 1.54) is 12.3 Å². The first-order valence-corrected chi connectivity index (χ1v) is 8.80. The number of nitrogens with zero attached hydrogens (tertiary/aromatic N) is 1. The molecule has 1 aromatic heterocycles. The first-order valence-electron chi connectivity index (χ1n) is 2.51. The lowest BCUT2D eigenvalue weighted by atomic mass is 10.3. The van der Waals surface area contributed by atoms with Gasteiger partial charge in [-0.2, -0.15) is 4.39 Å². The van der Waals surface area contributed by atoms with Gasteiger partial charge in [0.2, 0.25) is 5.95 Å². The summed E-state index contributed by atoms with van der Waals surface area (Å²) in [7, 11) is 0. The molecule has 0 atom stereocenters. The molecule has 0 aliphatic heterocycles. The molecule has 0 amide bonds. The van der Waals surface area contributed by atoms with E-state index in [-0.39, 0.29) is 0 Å². The molecule has 0 aromatic carbocycles. The highest BCUT2D eigenvalue weighted by Crippen LogP contribution is 1.95. The molecule has 0 spiro atoms. The molecule has 0 N–H and O–H groups in total. The predicted octanol–water partition coefficient (Wildman–Crippen LogP) is 3.30. The third kappa shape index (κ3) is 4.37. The van der Waals surface area contributed by atoms with Crippen LogP contribution in [0.4, 0.5) is 4.39 Å². The summed E-state index contributed by atoms with van der Waals surface area (Å²) in [5, 5.41) is 0. The molecule has 1 aromatic rings. The maximum atomic E-state index is 12.1. The minimum Gasteiger partial charge on any atom is -0.228 e. The molecule has 4 heteroatoms. The van der Waals surface area contributed by atoms with E-state index in [1.54, 1.807) is 6.07 Å². The maximum Gasteiger partial charge on any atom is 0.213 e. The van der Waals surface area contributed by atoms with Crippen LogP contribution < -0.4 is 0 Å². The van der Waals surface area contributed by atoms with E-state index >= 15 is 0 Å². The molecule has 0 aliphatic carbocycles. The minimum atomic E-state index is -0.412. The Morgan fingerprint density at radius 1 is 1.50 bits per heavy atom. The lowest BCUT2D eigenvalue weighted by Gasteiger charge is -1.86. The number of hydrogen-bond donors (Lipinski definition) is 0. The van der Waals surface area contributed by atoms with Crippen LogP contribution in [0, 0.1) is 12.9 Å². The van der Waals surface area contributed by atoms with Crippen molar-refractivity contribution in [1.29, 1.82) is 0 Å². The number of aryl methyl sites for hydroxylation is 1. The fourth-order valence-corrected chi connectivity index (χ4v) is 0.499. The Kier molecular flexibility index (Phi) is 6.60. The zero-order valence-electron chi connectivity index (χ0n) is 5.31. The van der Waals surface area contributed by atoms with E-state index < -0.39 is 5.95 Å². The van der Waals surface area contributed by atoms with E-state index in [0.29, 0.717) is 0 Å². The molecule has 0 bridgehead atoms. The highest BCUT2D eigenvalue weighted by Gasteiger charge is 1.86. The van der Waals surface area contributed by atoms with E-state index in [2.05, 4.69) is 42.2 Å². The van der Waals surface area contributed by atoms with E-state index in [1.807, 2.05) is 6.92 Å². The van der Waals surface area contributed by atoms with Crippen LogP contribution in [0.25, 0.3) is 0 Å². The summed E-state index contributed by atoms with van der Waals surface area (Å²) in [5.41, 5.74) is 0.900. The van der Waals surface area contributed by atoms with Gasteiger partial charge in [-0.05, 0) is 24.6 Å². The van der Waals surface area contributed by atoms with Crippen molar-refractivity contribution in [2.45, 2.75) is 6.92 Å². The van der Waals surface area contributed by atoms with E-state index in [0.717, 1.165) is 5.56 Å². The van der Waals surface area contributed by atoms with Crippen molar-refractivity contribution in [2.75, 3.05) is 0 Å². The molecule has 0 radical (unpaired) electrons. The summed E-state index contributed by atoms with van der Waals surface area (Å²) in [6, 6.07) is 3.14. The molecule has 56 valence electrons. The van der Waals surface area contributed by atoms with Crippen molar-refractivity contribution in [1.82, 2.24) is 4.98 Å². The van der Waals surface area contributed by atoms with Crippen LogP contribution >= 0.6 is 37.2 Å². The third-order valence-electron chi connectivity index (χ3n) is 0.882. The van der Waals surface area contributed by atoms with Gasteiger partial charge >= 0.3 is 0 Å². The molecule has 0 fully saturated rings. The Labute approximate surface area is 82.7 Å². The van der Waals surface area contributed by atoms with Crippen LogP contribution in [0.1, 0.15) is 5.56 Å². The van der Waals surface area contributed by atoms with Gasteiger partial charge in [0.1, 0.15) is 0 Å². The van der Waals surface area contributed by atoms with Crippen molar-refractivity contribution >= 4 is 37.2 Å². The topological polar surface area (TPSA) is 12.9 Å². The molecular weight excluding hydrogens is 359 g/mol. The zero-order chi connectivity index (χ0) is 7.98. The number of rotatable bonds is 0. The van der Waals surface area contributed by atoms with Gasteiger partial charge in [-0.25, -0.2) is 4.98 Å². The molecule has 0 unspecified atom stereocenters. The van der Waals surface area contributed by atoms with Gasteiger partial charge < -0.3 is 0 Å². The van der Waals surface area contributed by atoms with Crippen LogP contribution in [0.3, 0.4) is 0 Å². The summed E-state index contributed by atoms with van der Waals surface area (Å²) < 4.78 is 12.1.